The van der Waals surface area contributed by atoms with Crippen LogP contribution in [0, 0.1) is 17.7 Å². The van der Waals surface area contributed by atoms with Crippen molar-refractivity contribution in [3.05, 3.63) is 76.6 Å². The van der Waals surface area contributed by atoms with Gasteiger partial charge >= 0.3 is 0 Å². The van der Waals surface area contributed by atoms with Gasteiger partial charge in [-0.2, -0.15) is 0 Å². The van der Waals surface area contributed by atoms with Crippen LogP contribution in [0.4, 0.5) is 10.1 Å². The minimum atomic E-state index is -0.398. The first-order valence-electron chi connectivity index (χ1n) is 10.0. The third kappa shape index (κ3) is 3.82. The van der Waals surface area contributed by atoms with Crippen LogP contribution in [0.1, 0.15) is 22.0 Å². The molecule has 154 valence electrons. The van der Waals surface area contributed by atoms with Crippen molar-refractivity contribution in [1.29, 1.82) is 0 Å². The average Bonchev–Trinajstić information content (AvgIpc) is 3.30. The summed E-state index contributed by atoms with van der Waals surface area (Å²) >= 11 is 5.99. The lowest BCUT2D eigenvalue weighted by Gasteiger charge is -2.25. The number of rotatable bonds is 4. The molecule has 0 radical (unpaired) electrons. The molecule has 1 saturated heterocycles. The Hall–Kier alpha value is -2.77. The summed E-state index contributed by atoms with van der Waals surface area (Å²) in [6.07, 6.45) is 0.808. The third-order valence-electron chi connectivity index (χ3n) is 5.95. The maximum atomic E-state index is 13.4. The number of hydrogen-bond donors (Lipinski definition) is 1. The topological polar surface area (TPSA) is 63.1 Å². The molecule has 30 heavy (non-hydrogen) atoms. The quantitative estimate of drug-likeness (QED) is 0.693. The Bertz CT molecular complexity index is 1080. The number of carbonyl (C=O) groups excluding carboxylic acids is 1. The fourth-order valence-electron chi connectivity index (χ4n) is 4.52. The zero-order chi connectivity index (χ0) is 20.7. The number of benzene rings is 2. The van der Waals surface area contributed by atoms with Gasteiger partial charge in [0.05, 0.1) is 0 Å². The first-order chi connectivity index (χ1) is 14.5. The Balaban J connectivity index is 1.27. The highest BCUT2D eigenvalue weighted by Crippen LogP contribution is 2.33. The number of fused-ring (bicyclic) bond motifs is 2. The second kappa shape index (κ2) is 7.81. The number of likely N-dealkylation sites (tertiary alicyclic amines) is 1. The van der Waals surface area contributed by atoms with E-state index in [2.05, 4.69) is 32.5 Å². The van der Waals surface area contributed by atoms with Gasteiger partial charge in [0.2, 0.25) is 5.82 Å². The van der Waals surface area contributed by atoms with E-state index in [-0.39, 0.29) is 11.7 Å². The molecule has 1 aromatic heterocycles. The van der Waals surface area contributed by atoms with Crippen molar-refractivity contribution in [2.24, 2.45) is 11.8 Å². The molecule has 8 heteroatoms. The number of halogens is 2. The molecule has 3 heterocycles. The maximum absolute atomic E-state index is 13.4. The van der Waals surface area contributed by atoms with Gasteiger partial charge in [-0.15, -0.1) is 10.2 Å². The fourth-order valence-corrected chi connectivity index (χ4v) is 4.65. The molecule has 1 fully saturated rings. The summed E-state index contributed by atoms with van der Waals surface area (Å²) < 4.78 is 15.3. The monoisotopic (exact) mass is 425 g/mol. The van der Waals surface area contributed by atoms with Crippen LogP contribution in [0.5, 0.6) is 0 Å². The van der Waals surface area contributed by atoms with E-state index in [0.29, 0.717) is 17.5 Å². The SMILES string of the molecule is O=C(Nc1cccc(F)c1)c1nnc2n1C[C@H]1CN(Cc3ccc(Cl)cc3)C[C@@H]1C2. The highest BCUT2D eigenvalue weighted by Gasteiger charge is 2.39. The van der Waals surface area contributed by atoms with Gasteiger partial charge in [0.15, 0.2) is 0 Å². The summed E-state index contributed by atoms with van der Waals surface area (Å²) in [4.78, 5) is 15.2. The van der Waals surface area contributed by atoms with Crippen molar-refractivity contribution in [3.8, 4) is 0 Å². The molecule has 3 aromatic rings. The second-order valence-electron chi connectivity index (χ2n) is 8.06. The van der Waals surface area contributed by atoms with Crippen LogP contribution in [0.3, 0.4) is 0 Å². The lowest BCUT2D eigenvalue weighted by atomic mass is 9.89. The lowest BCUT2D eigenvalue weighted by Crippen LogP contribution is -2.31. The van der Waals surface area contributed by atoms with E-state index < -0.39 is 5.82 Å². The average molecular weight is 426 g/mol. The van der Waals surface area contributed by atoms with Gasteiger partial charge in [-0.25, -0.2) is 4.39 Å². The van der Waals surface area contributed by atoms with E-state index in [1.165, 1.54) is 17.7 Å². The molecule has 0 aliphatic carbocycles. The summed E-state index contributed by atoms with van der Waals surface area (Å²) in [7, 11) is 0. The molecule has 0 saturated carbocycles. The van der Waals surface area contributed by atoms with E-state index in [0.717, 1.165) is 43.4 Å². The third-order valence-corrected chi connectivity index (χ3v) is 6.20. The standard InChI is InChI=1S/C22H21ClFN5O/c23-17-6-4-14(5-7-17)10-28-11-15-8-20-26-27-21(29(20)13-16(15)12-28)22(30)25-19-3-1-2-18(24)9-19/h1-7,9,15-16H,8,10-13H2,(H,25,30)/t15-,16+/m0/s1. The predicted molar refractivity (Wildman–Crippen MR) is 112 cm³/mol. The van der Waals surface area contributed by atoms with Crippen LogP contribution in [-0.2, 0) is 19.5 Å². The van der Waals surface area contributed by atoms with Crippen LogP contribution in [-0.4, -0.2) is 38.7 Å². The summed E-state index contributed by atoms with van der Waals surface area (Å²) in [5.74, 6) is 1.31. The molecule has 2 aliphatic heterocycles. The van der Waals surface area contributed by atoms with Crippen LogP contribution in [0.25, 0.3) is 0 Å². The minimum absolute atomic E-state index is 0.281. The van der Waals surface area contributed by atoms with E-state index >= 15 is 0 Å². The van der Waals surface area contributed by atoms with Crippen molar-refractivity contribution in [2.75, 3.05) is 18.4 Å². The van der Waals surface area contributed by atoms with Gasteiger partial charge in [-0.05, 0) is 47.7 Å². The van der Waals surface area contributed by atoms with Gasteiger partial charge in [0, 0.05) is 43.3 Å². The van der Waals surface area contributed by atoms with E-state index in [4.69, 9.17) is 11.6 Å². The van der Waals surface area contributed by atoms with Crippen molar-refractivity contribution < 1.29 is 9.18 Å². The van der Waals surface area contributed by atoms with Crippen LogP contribution >= 0.6 is 11.6 Å². The molecule has 2 aliphatic rings. The predicted octanol–water partition coefficient (Wildman–Crippen LogP) is 3.63. The highest BCUT2D eigenvalue weighted by molar-refractivity contribution is 6.30. The van der Waals surface area contributed by atoms with Crippen molar-refractivity contribution >= 4 is 23.2 Å². The van der Waals surface area contributed by atoms with Crippen LogP contribution in [0.2, 0.25) is 5.02 Å². The summed E-state index contributed by atoms with van der Waals surface area (Å²) in [5.41, 5.74) is 1.65. The van der Waals surface area contributed by atoms with Gasteiger partial charge in [0.25, 0.3) is 5.91 Å². The Morgan fingerprint density at radius 2 is 1.90 bits per heavy atom. The summed E-state index contributed by atoms with van der Waals surface area (Å²) in [6.45, 7) is 3.58. The highest BCUT2D eigenvalue weighted by atomic mass is 35.5. The van der Waals surface area contributed by atoms with Gasteiger partial charge in [-0.1, -0.05) is 29.8 Å². The molecule has 0 spiro atoms. The molecule has 2 aromatic carbocycles. The first-order valence-corrected chi connectivity index (χ1v) is 10.4. The molecule has 1 N–H and O–H groups in total. The van der Waals surface area contributed by atoms with Gasteiger partial charge in [-0.3, -0.25) is 9.69 Å². The van der Waals surface area contributed by atoms with Crippen LogP contribution in [0.15, 0.2) is 48.5 Å². The molecule has 0 unspecified atom stereocenters. The van der Waals surface area contributed by atoms with Crippen molar-refractivity contribution in [1.82, 2.24) is 19.7 Å². The number of aromatic nitrogens is 3. The number of amides is 1. The normalized spacial score (nSPS) is 20.6. The number of hydrogen-bond acceptors (Lipinski definition) is 4. The zero-order valence-corrected chi connectivity index (χ0v) is 17.0. The Labute approximate surface area is 178 Å². The molecule has 5 rings (SSSR count). The van der Waals surface area contributed by atoms with Gasteiger partial charge < -0.3 is 9.88 Å². The van der Waals surface area contributed by atoms with Crippen molar-refractivity contribution in [3.63, 3.8) is 0 Å². The number of nitrogens with zero attached hydrogens (tertiary/aromatic N) is 4. The molecular formula is C22H21ClFN5O. The fraction of sp³-hybridized carbons (Fsp3) is 0.318. The number of anilines is 1. The second-order valence-corrected chi connectivity index (χ2v) is 8.50. The summed E-state index contributed by atoms with van der Waals surface area (Å²) in [5, 5.41) is 11.8. The Kier molecular flexibility index (Phi) is 5.00. The molecule has 2 atom stereocenters. The van der Waals surface area contributed by atoms with Crippen molar-refractivity contribution in [2.45, 2.75) is 19.5 Å². The maximum Gasteiger partial charge on any atom is 0.293 e. The van der Waals surface area contributed by atoms with E-state index in [1.54, 1.807) is 12.1 Å². The summed E-state index contributed by atoms with van der Waals surface area (Å²) in [6, 6.07) is 13.8. The van der Waals surface area contributed by atoms with Gasteiger partial charge in [0.1, 0.15) is 11.6 Å². The van der Waals surface area contributed by atoms with E-state index in [1.807, 2.05) is 16.7 Å². The zero-order valence-electron chi connectivity index (χ0n) is 16.3. The lowest BCUT2D eigenvalue weighted by molar-refractivity contribution is 0.100. The largest absolute Gasteiger partial charge is 0.319 e. The molecule has 6 nitrogen and oxygen atoms in total. The minimum Gasteiger partial charge on any atom is -0.319 e. The number of nitrogens with one attached hydrogen (secondary N) is 1. The molecule has 1 amide bonds. The molecule has 0 bridgehead atoms. The Morgan fingerprint density at radius 1 is 1.10 bits per heavy atom. The molecular weight excluding hydrogens is 405 g/mol. The Morgan fingerprint density at radius 3 is 2.70 bits per heavy atom. The smallest absolute Gasteiger partial charge is 0.293 e. The van der Waals surface area contributed by atoms with Crippen LogP contribution < -0.4 is 5.32 Å². The van der Waals surface area contributed by atoms with E-state index in [9.17, 15) is 9.18 Å². The number of carbonyl (C=O) groups is 1. The first kappa shape index (κ1) is 19.2.